The highest BCUT2D eigenvalue weighted by Crippen LogP contribution is 2.32. The van der Waals surface area contributed by atoms with E-state index in [0.717, 1.165) is 25.1 Å². The standard InChI is InChI=1S/C27H31NO3/c1-5-15-28(17-22-11-14-26(20(3)16-22)31-18-27(29)30)25-8-6-7-24(21(25)4)23-12-9-19(2)10-13-23/h6-14,16H,5,15,17-18H2,1-4H3,(H,29,30). The maximum atomic E-state index is 10.8. The molecule has 0 spiro atoms. The molecular formula is C27H31NO3. The Morgan fingerprint density at radius 3 is 2.39 bits per heavy atom. The number of nitrogens with zero attached hydrogens (tertiary/aromatic N) is 1. The van der Waals surface area contributed by atoms with Gasteiger partial charge in [0, 0.05) is 18.8 Å². The van der Waals surface area contributed by atoms with Crippen LogP contribution in [0.3, 0.4) is 0 Å². The maximum Gasteiger partial charge on any atom is 0.341 e. The molecule has 0 aliphatic heterocycles. The SMILES string of the molecule is CCCN(Cc1ccc(OCC(=O)O)c(C)c1)c1cccc(-c2ccc(C)cc2)c1C. The lowest BCUT2D eigenvalue weighted by atomic mass is 9.97. The highest BCUT2D eigenvalue weighted by atomic mass is 16.5. The second-order valence-electron chi connectivity index (χ2n) is 8.02. The maximum absolute atomic E-state index is 10.8. The fourth-order valence-electron chi connectivity index (χ4n) is 3.90. The van der Waals surface area contributed by atoms with Crippen molar-refractivity contribution in [2.24, 2.45) is 0 Å². The second kappa shape index (κ2) is 10.2. The van der Waals surface area contributed by atoms with Crippen molar-refractivity contribution >= 4 is 11.7 Å². The van der Waals surface area contributed by atoms with Crippen molar-refractivity contribution < 1.29 is 14.6 Å². The van der Waals surface area contributed by atoms with Gasteiger partial charge in [-0.05, 0) is 67.1 Å². The number of rotatable bonds is 9. The van der Waals surface area contributed by atoms with Crippen LogP contribution >= 0.6 is 0 Å². The zero-order valence-corrected chi connectivity index (χ0v) is 18.8. The summed E-state index contributed by atoms with van der Waals surface area (Å²) in [5.74, 6) is -0.354. The fourth-order valence-corrected chi connectivity index (χ4v) is 3.90. The lowest BCUT2D eigenvalue weighted by Crippen LogP contribution is -2.24. The summed E-state index contributed by atoms with van der Waals surface area (Å²) in [6, 6.07) is 21.2. The molecule has 0 aliphatic rings. The molecule has 162 valence electrons. The van der Waals surface area contributed by atoms with E-state index in [1.165, 1.54) is 33.5 Å². The number of benzene rings is 3. The van der Waals surface area contributed by atoms with E-state index in [2.05, 4.69) is 74.2 Å². The van der Waals surface area contributed by atoms with Crippen molar-refractivity contribution in [1.29, 1.82) is 0 Å². The summed E-state index contributed by atoms with van der Waals surface area (Å²) in [4.78, 5) is 13.2. The Balaban J connectivity index is 1.87. The molecule has 1 N–H and O–H groups in total. The van der Waals surface area contributed by atoms with Crippen molar-refractivity contribution in [2.75, 3.05) is 18.1 Å². The Labute approximate surface area is 185 Å². The number of aliphatic carboxylic acids is 1. The Morgan fingerprint density at radius 2 is 1.74 bits per heavy atom. The number of anilines is 1. The van der Waals surface area contributed by atoms with Gasteiger partial charge in [0.1, 0.15) is 5.75 Å². The largest absolute Gasteiger partial charge is 0.482 e. The van der Waals surface area contributed by atoms with Gasteiger partial charge in [-0.15, -0.1) is 0 Å². The third-order valence-electron chi connectivity index (χ3n) is 5.47. The molecule has 0 atom stereocenters. The van der Waals surface area contributed by atoms with Crippen LogP contribution < -0.4 is 9.64 Å². The predicted molar refractivity (Wildman–Crippen MR) is 127 cm³/mol. The number of carbonyl (C=O) groups is 1. The zero-order valence-electron chi connectivity index (χ0n) is 18.8. The molecule has 0 bridgehead atoms. The van der Waals surface area contributed by atoms with Crippen LogP contribution in [0, 0.1) is 20.8 Å². The molecule has 0 unspecified atom stereocenters. The lowest BCUT2D eigenvalue weighted by molar-refractivity contribution is -0.139. The van der Waals surface area contributed by atoms with Gasteiger partial charge in [0.15, 0.2) is 6.61 Å². The third-order valence-corrected chi connectivity index (χ3v) is 5.47. The fraction of sp³-hybridized carbons (Fsp3) is 0.296. The highest BCUT2D eigenvalue weighted by Gasteiger charge is 2.14. The summed E-state index contributed by atoms with van der Waals surface area (Å²) in [6.45, 7) is 9.86. The first-order valence-electron chi connectivity index (χ1n) is 10.7. The molecule has 4 heteroatoms. The van der Waals surface area contributed by atoms with Gasteiger partial charge in [0.25, 0.3) is 0 Å². The molecule has 3 aromatic carbocycles. The number of hydrogen-bond acceptors (Lipinski definition) is 3. The second-order valence-corrected chi connectivity index (χ2v) is 8.02. The van der Waals surface area contributed by atoms with Crippen molar-refractivity contribution in [3.05, 3.63) is 82.9 Å². The minimum absolute atomic E-state index is 0.326. The molecule has 0 heterocycles. The van der Waals surface area contributed by atoms with E-state index >= 15 is 0 Å². The minimum atomic E-state index is -0.971. The lowest BCUT2D eigenvalue weighted by Gasteiger charge is -2.28. The Hall–Kier alpha value is -3.27. The molecular weight excluding hydrogens is 386 g/mol. The van der Waals surface area contributed by atoms with Crippen LogP contribution in [-0.4, -0.2) is 24.2 Å². The third kappa shape index (κ3) is 5.66. The van der Waals surface area contributed by atoms with Gasteiger partial charge in [-0.25, -0.2) is 4.79 Å². The van der Waals surface area contributed by atoms with Crippen LogP contribution in [0.25, 0.3) is 11.1 Å². The van der Waals surface area contributed by atoms with Crippen molar-refractivity contribution in [2.45, 2.75) is 40.7 Å². The van der Waals surface area contributed by atoms with E-state index in [4.69, 9.17) is 9.84 Å². The van der Waals surface area contributed by atoms with Gasteiger partial charge in [0.2, 0.25) is 0 Å². The first-order valence-corrected chi connectivity index (χ1v) is 10.7. The molecule has 0 saturated heterocycles. The Kier molecular flexibility index (Phi) is 7.35. The molecule has 0 amide bonds. The van der Waals surface area contributed by atoms with Crippen LogP contribution in [0.1, 0.15) is 35.6 Å². The number of carboxylic acids is 1. The van der Waals surface area contributed by atoms with Gasteiger partial charge in [-0.2, -0.15) is 0 Å². The van der Waals surface area contributed by atoms with Crippen LogP contribution in [0.4, 0.5) is 5.69 Å². The summed E-state index contributed by atoms with van der Waals surface area (Å²) in [5.41, 5.74) is 8.39. The van der Waals surface area contributed by atoms with Crippen LogP contribution in [-0.2, 0) is 11.3 Å². The normalized spacial score (nSPS) is 10.7. The molecule has 3 aromatic rings. The number of carboxylic acid groups (broad SMARTS) is 1. The van der Waals surface area contributed by atoms with Crippen molar-refractivity contribution in [1.82, 2.24) is 0 Å². The van der Waals surface area contributed by atoms with Crippen LogP contribution in [0.5, 0.6) is 5.75 Å². The van der Waals surface area contributed by atoms with E-state index in [9.17, 15) is 4.79 Å². The van der Waals surface area contributed by atoms with Gasteiger partial charge in [0.05, 0.1) is 0 Å². The molecule has 3 rings (SSSR count). The average Bonchev–Trinajstić information content (AvgIpc) is 2.74. The van der Waals surface area contributed by atoms with E-state index in [1.807, 2.05) is 19.1 Å². The van der Waals surface area contributed by atoms with Gasteiger partial charge < -0.3 is 14.7 Å². The first-order chi connectivity index (χ1) is 14.9. The van der Waals surface area contributed by atoms with Crippen molar-refractivity contribution in [3.63, 3.8) is 0 Å². The van der Waals surface area contributed by atoms with E-state index in [1.54, 1.807) is 0 Å². The Morgan fingerprint density at radius 1 is 1.00 bits per heavy atom. The summed E-state index contributed by atoms with van der Waals surface area (Å²) in [7, 11) is 0. The summed E-state index contributed by atoms with van der Waals surface area (Å²) >= 11 is 0. The Bertz CT molecular complexity index is 1040. The first kappa shape index (κ1) is 22.4. The molecule has 0 saturated carbocycles. The highest BCUT2D eigenvalue weighted by molar-refractivity contribution is 5.74. The number of hydrogen-bond donors (Lipinski definition) is 1. The van der Waals surface area contributed by atoms with E-state index in [0.29, 0.717) is 5.75 Å². The molecule has 31 heavy (non-hydrogen) atoms. The quantitative estimate of drug-likeness (QED) is 0.453. The van der Waals surface area contributed by atoms with Crippen molar-refractivity contribution in [3.8, 4) is 16.9 Å². The summed E-state index contributed by atoms with van der Waals surface area (Å²) in [6.07, 6.45) is 1.05. The molecule has 0 aliphatic carbocycles. The van der Waals surface area contributed by atoms with E-state index in [-0.39, 0.29) is 6.61 Å². The van der Waals surface area contributed by atoms with E-state index < -0.39 is 5.97 Å². The van der Waals surface area contributed by atoms with Gasteiger partial charge >= 0.3 is 5.97 Å². The monoisotopic (exact) mass is 417 g/mol. The number of aryl methyl sites for hydroxylation is 2. The summed E-state index contributed by atoms with van der Waals surface area (Å²) < 4.78 is 5.37. The van der Waals surface area contributed by atoms with Crippen LogP contribution in [0.2, 0.25) is 0 Å². The average molecular weight is 418 g/mol. The molecule has 0 aromatic heterocycles. The molecule has 4 nitrogen and oxygen atoms in total. The molecule has 0 radical (unpaired) electrons. The van der Waals surface area contributed by atoms with Crippen LogP contribution in [0.15, 0.2) is 60.7 Å². The topological polar surface area (TPSA) is 49.8 Å². The summed E-state index contributed by atoms with van der Waals surface area (Å²) in [5, 5.41) is 8.84. The smallest absolute Gasteiger partial charge is 0.341 e. The van der Waals surface area contributed by atoms with Gasteiger partial charge in [-0.1, -0.05) is 61.0 Å². The van der Waals surface area contributed by atoms with Gasteiger partial charge in [-0.3, -0.25) is 0 Å². The predicted octanol–water partition coefficient (Wildman–Crippen LogP) is 6.16. The molecule has 0 fully saturated rings. The minimum Gasteiger partial charge on any atom is -0.482 e. The zero-order chi connectivity index (χ0) is 22.4. The number of ether oxygens (including phenoxy) is 1.